The highest BCUT2D eigenvalue weighted by Gasteiger charge is 2.18. The van der Waals surface area contributed by atoms with Crippen molar-refractivity contribution in [3.63, 3.8) is 0 Å². The largest absolute Gasteiger partial charge is 0.490 e. The standard InChI is InChI=1S/C31H26F4O3/c1-3-4-17-37-26-15-16-27(31(35)30(26)34)38-18-20-5-7-22(8-6-20)24-13-14-25(29(33)28(24)32)23-11-9-21(10-12-23)19(2)36/h3,5-16,19,36H,1,4,17-18H2,2H3. The number of hydrogen-bond acceptors (Lipinski definition) is 3. The van der Waals surface area contributed by atoms with Crippen LogP contribution < -0.4 is 9.47 Å². The van der Waals surface area contributed by atoms with Crippen molar-refractivity contribution in [2.45, 2.75) is 26.1 Å². The fourth-order valence-electron chi connectivity index (χ4n) is 3.87. The Hall–Kier alpha value is -4.10. The van der Waals surface area contributed by atoms with Crippen molar-refractivity contribution < 1.29 is 32.1 Å². The molecule has 0 bridgehead atoms. The molecule has 3 nitrogen and oxygen atoms in total. The zero-order chi connectivity index (χ0) is 27.2. The molecule has 4 rings (SSSR count). The maximum atomic E-state index is 15.0. The van der Waals surface area contributed by atoms with E-state index < -0.39 is 29.4 Å². The van der Waals surface area contributed by atoms with Crippen LogP contribution in [0, 0.1) is 23.3 Å². The first-order valence-electron chi connectivity index (χ1n) is 12.0. The first-order chi connectivity index (χ1) is 18.3. The van der Waals surface area contributed by atoms with Gasteiger partial charge < -0.3 is 14.6 Å². The van der Waals surface area contributed by atoms with Crippen LogP contribution in [-0.2, 0) is 6.61 Å². The Balaban J connectivity index is 1.46. The molecule has 0 saturated heterocycles. The van der Waals surface area contributed by atoms with Gasteiger partial charge in [0.1, 0.15) is 6.61 Å². The lowest BCUT2D eigenvalue weighted by Crippen LogP contribution is -2.03. The summed E-state index contributed by atoms with van der Waals surface area (Å²) in [5.74, 6) is -4.74. The third-order valence-electron chi connectivity index (χ3n) is 6.04. The van der Waals surface area contributed by atoms with Crippen molar-refractivity contribution in [3.8, 4) is 33.8 Å². The molecule has 0 heterocycles. The molecule has 1 unspecified atom stereocenters. The van der Waals surface area contributed by atoms with Crippen molar-refractivity contribution in [2.75, 3.05) is 6.61 Å². The molecule has 1 N–H and O–H groups in total. The monoisotopic (exact) mass is 522 g/mol. The number of aliphatic hydroxyl groups excluding tert-OH is 1. The van der Waals surface area contributed by atoms with Gasteiger partial charge in [0, 0.05) is 11.1 Å². The van der Waals surface area contributed by atoms with Crippen LogP contribution in [0.15, 0.2) is 85.5 Å². The van der Waals surface area contributed by atoms with Crippen LogP contribution >= 0.6 is 0 Å². The van der Waals surface area contributed by atoms with E-state index in [9.17, 15) is 22.7 Å². The molecular weight excluding hydrogens is 496 g/mol. The molecule has 1 atom stereocenters. The average molecular weight is 523 g/mol. The number of aliphatic hydroxyl groups is 1. The summed E-state index contributed by atoms with van der Waals surface area (Å²) < 4.78 is 69.1. The molecule has 0 spiro atoms. The highest BCUT2D eigenvalue weighted by Crippen LogP contribution is 2.33. The summed E-state index contributed by atoms with van der Waals surface area (Å²) in [6, 6.07) is 18.6. The van der Waals surface area contributed by atoms with Crippen LogP contribution in [0.25, 0.3) is 22.3 Å². The second-order valence-electron chi connectivity index (χ2n) is 8.69. The second kappa shape index (κ2) is 12.0. The summed E-state index contributed by atoms with van der Waals surface area (Å²) in [5, 5.41) is 9.64. The Morgan fingerprint density at radius 3 is 1.71 bits per heavy atom. The normalized spacial score (nSPS) is 11.7. The third-order valence-corrected chi connectivity index (χ3v) is 6.04. The molecule has 0 fully saturated rings. The van der Waals surface area contributed by atoms with Crippen LogP contribution in [0.3, 0.4) is 0 Å². The fraction of sp³-hybridized carbons (Fsp3) is 0.161. The smallest absolute Gasteiger partial charge is 0.204 e. The van der Waals surface area contributed by atoms with Crippen LogP contribution in [-0.4, -0.2) is 11.7 Å². The van der Waals surface area contributed by atoms with Crippen LogP contribution in [0.4, 0.5) is 17.6 Å². The number of ether oxygens (including phenoxy) is 2. The summed E-state index contributed by atoms with van der Waals surface area (Å²) in [5.41, 5.74) is 2.42. The van der Waals surface area contributed by atoms with E-state index in [1.807, 2.05) is 0 Å². The molecule has 0 radical (unpaired) electrons. The Labute approximate surface area is 218 Å². The van der Waals surface area contributed by atoms with Gasteiger partial charge in [-0.05, 0) is 47.7 Å². The predicted octanol–water partition coefficient (Wildman–Crippen LogP) is 8.16. The number of rotatable bonds is 10. The van der Waals surface area contributed by atoms with Gasteiger partial charge in [0.15, 0.2) is 23.1 Å². The van der Waals surface area contributed by atoms with E-state index in [2.05, 4.69) is 6.58 Å². The van der Waals surface area contributed by atoms with Gasteiger partial charge >= 0.3 is 0 Å². The molecule has 0 aliphatic rings. The number of benzene rings is 4. The molecule has 196 valence electrons. The lowest BCUT2D eigenvalue weighted by molar-refractivity contribution is 0.199. The summed E-state index contributed by atoms with van der Waals surface area (Å²) in [6.45, 7) is 5.28. The first-order valence-corrected chi connectivity index (χ1v) is 12.0. The van der Waals surface area contributed by atoms with Crippen molar-refractivity contribution >= 4 is 0 Å². The molecule has 0 saturated carbocycles. The molecule has 4 aromatic rings. The van der Waals surface area contributed by atoms with Crippen molar-refractivity contribution in [2.24, 2.45) is 0 Å². The van der Waals surface area contributed by atoms with E-state index in [0.29, 0.717) is 28.7 Å². The summed E-state index contributed by atoms with van der Waals surface area (Å²) >= 11 is 0. The molecule has 0 aliphatic heterocycles. The SMILES string of the molecule is C=CCCOc1ccc(OCc2ccc(-c3ccc(-c4ccc(C(C)O)cc4)c(F)c3F)cc2)c(F)c1F. The highest BCUT2D eigenvalue weighted by molar-refractivity contribution is 5.72. The number of halogens is 4. The van der Waals surface area contributed by atoms with Gasteiger partial charge in [0.25, 0.3) is 0 Å². The van der Waals surface area contributed by atoms with Gasteiger partial charge in [-0.1, -0.05) is 66.7 Å². The maximum absolute atomic E-state index is 15.0. The lowest BCUT2D eigenvalue weighted by Gasteiger charge is -2.12. The van der Waals surface area contributed by atoms with Crippen molar-refractivity contribution in [1.82, 2.24) is 0 Å². The van der Waals surface area contributed by atoms with Crippen molar-refractivity contribution in [3.05, 3.63) is 120 Å². The van der Waals surface area contributed by atoms with Gasteiger partial charge in [0.05, 0.1) is 12.7 Å². The van der Waals surface area contributed by atoms with E-state index in [0.717, 1.165) is 0 Å². The molecule has 0 amide bonds. The Morgan fingerprint density at radius 2 is 1.21 bits per heavy atom. The maximum Gasteiger partial charge on any atom is 0.204 e. The zero-order valence-corrected chi connectivity index (χ0v) is 20.7. The molecule has 4 aromatic carbocycles. The van der Waals surface area contributed by atoms with Crippen LogP contribution in [0.5, 0.6) is 11.5 Å². The summed E-state index contributed by atoms with van der Waals surface area (Å²) in [4.78, 5) is 0. The van der Waals surface area contributed by atoms with Gasteiger partial charge in [-0.15, -0.1) is 6.58 Å². The topological polar surface area (TPSA) is 38.7 Å². The number of hydrogen-bond donors (Lipinski definition) is 1. The van der Waals surface area contributed by atoms with E-state index in [1.54, 1.807) is 61.5 Å². The lowest BCUT2D eigenvalue weighted by atomic mass is 9.97. The fourth-order valence-corrected chi connectivity index (χ4v) is 3.87. The summed E-state index contributed by atoms with van der Waals surface area (Å²) in [6.07, 6.45) is 1.44. The van der Waals surface area contributed by atoms with Gasteiger partial charge in [-0.3, -0.25) is 0 Å². The van der Waals surface area contributed by atoms with Gasteiger partial charge in [-0.25, -0.2) is 8.78 Å². The van der Waals surface area contributed by atoms with Crippen LogP contribution in [0.2, 0.25) is 0 Å². The second-order valence-corrected chi connectivity index (χ2v) is 8.69. The van der Waals surface area contributed by atoms with Crippen molar-refractivity contribution in [1.29, 1.82) is 0 Å². The minimum Gasteiger partial charge on any atom is -0.490 e. The van der Waals surface area contributed by atoms with E-state index >= 15 is 0 Å². The molecule has 38 heavy (non-hydrogen) atoms. The third kappa shape index (κ3) is 5.89. The van der Waals surface area contributed by atoms with E-state index in [1.165, 1.54) is 24.3 Å². The van der Waals surface area contributed by atoms with Crippen LogP contribution in [0.1, 0.15) is 30.6 Å². The van der Waals surface area contributed by atoms with Gasteiger partial charge in [0.2, 0.25) is 11.6 Å². The first kappa shape index (κ1) is 26.9. The van der Waals surface area contributed by atoms with E-state index in [-0.39, 0.29) is 35.8 Å². The molecule has 0 aliphatic carbocycles. The molecule has 0 aromatic heterocycles. The average Bonchev–Trinajstić information content (AvgIpc) is 2.92. The summed E-state index contributed by atoms with van der Waals surface area (Å²) in [7, 11) is 0. The molecular formula is C31H26F4O3. The highest BCUT2D eigenvalue weighted by atomic mass is 19.2. The molecule has 7 heteroatoms. The van der Waals surface area contributed by atoms with Gasteiger partial charge in [-0.2, -0.15) is 8.78 Å². The predicted molar refractivity (Wildman–Crippen MR) is 139 cm³/mol. The minimum atomic E-state index is -1.16. The zero-order valence-electron chi connectivity index (χ0n) is 20.7. The minimum absolute atomic E-state index is 0.0639. The Kier molecular flexibility index (Phi) is 8.48. The Morgan fingerprint density at radius 1 is 0.711 bits per heavy atom. The quantitative estimate of drug-likeness (QED) is 0.130. The Bertz CT molecular complexity index is 1410. The van der Waals surface area contributed by atoms with E-state index in [4.69, 9.17) is 9.47 Å².